The van der Waals surface area contributed by atoms with Gasteiger partial charge < -0.3 is 5.32 Å². The van der Waals surface area contributed by atoms with Crippen molar-refractivity contribution in [2.24, 2.45) is 17.8 Å². The van der Waals surface area contributed by atoms with E-state index in [1.54, 1.807) is 0 Å². The van der Waals surface area contributed by atoms with Crippen molar-refractivity contribution in [3.8, 4) is 12.3 Å². The SMILES string of the molecule is C#CCC(C)NCC1CC2CCC1C2. The maximum Gasteiger partial charge on any atom is 0.0238 e. The quantitative estimate of drug-likeness (QED) is 0.673. The summed E-state index contributed by atoms with van der Waals surface area (Å²) in [6.07, 6.45) is 12.1. The maximum absolute atomic E-state index is 5.28. The van der Waals surface area contributed by atoms with Crippen LogP contribution in [0.5, 0.6) is 0 Å². The molecule has 0 amide bonds. The Morgan fingerprint density at radius 1 is 1.43 bits per heavy atom. The van der Waals surface area contributed by atoms with Crippen molar-refractivity contribution >= 4 is 0 Å². The largest absolute Gasteiger partial charge is 0.313 e. The third-order valence-electron chi connectivity index (χ3n) is 4.04. The molecule has 1 N–H and O–H groups in total. The Morgan fingerprint density at radius 3 is 2.86 bits per heavy atom. The van der Waals surface area contributed by atoms with E-state index in [-0.39, 0.29) is 0 Å². The molecular formula is C13H21N. The van der Waals surface area contributed by atoms with Crippen LogP contribution in [0.1, 0.15) is 39.0 Å². The van der Waals surface area contributed by atoms with Gasteiger partial charge in [-0.05, 0) is 50.5 Å². The fourth-order valence-electron chi connectivity index (χ4n) is 3.23. The molecule has 0 saturated heterocycles. The fourth-order valence-corrected chi connectivity index (χ4v) is 3.23. The molecule has 0 aromatic heterocycles. The number of terminal acetylenes is 1. The van der Waals surface area contributed by atoms with Crippen molar-refractivity contribution in [2.75, 3.05) is 6.54 Å². The van der Waals surface area contributed by atoms with Crippen LogP contribution in [-0.2, 0) is 0 Å². The summed E-state index contributed by atoms with van der Waals surface area (Å²) in [5.74, 6) is 5.76. The van der Waals surface area contributed by atoms with Gasteiger partial charge in [-0.15, -0.1) is 12.3 Å². The molecule has 2 bridgehead atoms. The molecule has 4 atom stereocenters. The highest BCUT2D eigenvalue weighted by Gasteiger charge is 2.38. The van der Waals surface area contributed by atoms with Crippen molar-refractivity contribution < 1.29 is 0 Å². The topological polar surface area (TPSA) is 12.0 Å². The summed E-state index contributed by atoms with van der Waals surface area (Å²) in [6, 6.07) is 0.499. The molecule has 0 radical (unpaired) electrons. The normalized spacial score (nSPS) is 37.0. The summed E-state index contributed by atoms with van der Waals surface area (Å²) >= 11 is 0. The van der Waals surface area contributed by atoms with Crippen LogP contribution in [0, 0.1) is 30.1 Å². The predicted molar refractivity (Wildman–Crippen MR) is 59.9 cm³/mol. The van der Waals surface area contributed by atoms with E-state index in [4.69, 9.17) is 6.42 Å². The number of fused-ring (bicyclic) bond motifs is 2. The second-order valence-electron chi connectivity index (χ2n) is 5.15. The lowest BCUT2D eigenvalue weighted by Crippen LogP contribution is -2.32. The highest BCUT2D eigenvalue weighted by molar-refractivity contribution is 4.92. The Hall–Kier alpha value is -0.480. The molecule has 78 valence electrons. The summed E-state index contributed by atoms with van der Waals surface area (Å²) in [6.45, 7) is 3.39. The van der Waals surface area contributed by atoms with Gasteiger partial charge in [0.1, 0.15) is 0 Å². The first kappa shape index (κ1) is 10.1. The molecule has 2 fully saturated rings. The van der Waals surface area contributed by atoms with Gasteiger partial charge in [0, 0.05) is 12.5 Å². The summed E-state index contributed by atoms with van der Waals surface area (Å²) < 4.78 is 0. The second-order valence-corrected chi connectivity index (χ2v) is 5.15. The molecule has 2 aliphatic rings. The van der Waals surface area contributed by atoms with Crippen molar-refractivity contribution in [3.63, 3.8) is 0 Å². The van der Waals surface area contributed by atoms with Crippen LogP contribution in [0.4, 0.5) is 0 Å². The van der Waals surface area contributed by atoms with Crippen molar-refractivity contribution in [1.29, 1.82) is 0 Å². The molecular weight excluding hydrogens is 170 g/mol. The predicted octanol–water partition coefficient (Wildman–Crippen LogP) is 2.42. The van der Waals surface area contributed by atoms with Crippen LogP contribution in [-0.4, -0.2) is 12.6 Å². The van der Waals surface area contributed by atoms with Crippen LogP contribution in [0.3, 0.4) is 0 Å². The molecule has 2 saturated carbocycles. The second kappa shape index (κ2) is 4.36. The lowest BCUT2D eigenvalue weighted by atomic mass is 9.88. The van der Waals surface area contributed by atoms with E-state index in [0.29, 0.717) is 6.04 Å². The van der Waals surface area contributed by atoms with Gasteiger partial charge in [-0.1, -0.05) is 6.42 Å². The Bertz CT molecular complexity index is 228. The van der Waals surface area contributed by atoms with E-state index in [9.17, 15) is 0 Å². The van der Waals surface area contributed by atoms with Crippen LogP contribution in [0.15, 0.2) is 0 Å². The van der Waals surface area contributed by atoms with Crippen molar-refractivity contribution in [3.05, 3.63) is 0 Å². The molecule has 0 aromatic carbocycles. The Balaban J connectivity index is 1.69. The summed E-state index contributed by atoms with van der Waals surface area (Å²) in [5.41, 5.74) is 0. The molecule has 1 nitrogen and oxygen atoms in total. The highest BCUT2D eigenvalue weighted by Crippen LogP contribution is 2.47. The molecule has 0 spiro atoms. The van der Waals surface area contributed by atoms with Gasteiger partial charge in [0.05, 0.1) is 0 Å². The summed E-state index contributed by atoms with van der Waals surface area (Å²) in [5, 5.41) is 3.57. The Morgan fingerprint density at radius 2 is 2.29 bits per heavy atom. The first-order chi connectivity index (χ1) is 6.79. The van der Waals surface area contributed by atoms with Crippen LogP contribution in [0.2, 0.25) is 0 Å². The lowest BCUT2D eigenvalue weighted by Gasteiger charge is -2.23. The van der Waals surface area contributed by atoms with Crippen LogP contribution >= 0.6 is 0 Å². The molecule has 2 rings (SSSR count). The monoisotopic (exact) mass is 191 g/mol. The van der Waals surface area contributed by atoms with E-state index in [1.807, 2.05) is 0 Å². The van der Waals surface area contributed by atoms with Gasteiger partial charge >= 0.3 is 0 Å². The molecule has 1 heteroatoms. The third kappa shape index (κ3) is 2.12. The zero-order valence-corrected chi connectivity index (χ0v) is 9.13. The van der Waals surface area contributed by atoms with E-state index in [1.165, 1.54) is 32.2 Å². The third-order valence-corrected chi connectivity index (χ3v) is 4.04. The minimum absolute atomic E-state index is 0.499. The standard InChI is InChI=1S/C13H21N/c1-3-4-10(2)14-9-13-8-11-5-6-12(13)7-11/h1,10-14H,4-9H2,2H3. The Labute approximate surface area is 87.7 Å². The van der Waals surface area contributed by atoms with E-state index >= 15 is 0 Å². The first-order valence-electron chi connectivity index (χ1n) is 5.96. The van der Waals surface area contributed by atoms with Gasteiger partial charge in [-0.25, -0.2) is 0 Å². The molecule has 14 heavy (non-hydrogen) atoms. The zero-order valence-electron chi connectivity index (χ0n) is 9.13. The lowest BCUT2D eigenvalue weighted by molar-refractivity contribution is 0.309. The number of nitrogens with one attached hydrogen (secondary N) is 1. The number of hydrogen-bond acceptors (Lipinski definition) is 1. The maximum atomic E-state index is 5.28. The molecule has 0 heterocycles. The smallest absolute Gasteiger partial charge is 0.0238 e. The number of rotatable bonds is 4. The van der Waals surface area contributed by atoms with Gasteiger partial charge in [-0.3, -0.25) is 0 Å². The minimum atomic E-state index is 0.499. The van der Waals surface area contributed by atoms with Gasteiger partial charge in [0.2, 0.25) is 0 Å². The van der Waals surface area contributed by atoms with Crippen molar-refractivity contribution in [1.82, 2.24) is 5.32 Å². The highest BCUT2D eigenvalue weighted by atomic mass is 14.9. The molecule has 0 aliphatic heterocycles. The molecule has 2 aliphatic carbocycles. The summed E-state index contributed by atoms with van der Waals surface area (Å²) in [4.78, 5) is 0. The first-order valence-corrected chi connectivity index (χ1v) is 5.96. The minimum Gasteiger partial charge on any atom is -0.313 e. The van der Waals surface area contributed by atoms with E-state index in [0.717, 1.165) is 24.2 Å². The molecule has 0 aromatic rings. The average Bonchev–Trinajstić information content (AvgIpc) is 2.76. The van der Waals surface area contributed by atoms with Gasteiger partial charge in [-0.2, -0.15) is 0 Å². The zero-order chi connectivity index (χ0) is 9.97. The van der Waals surface area contributed by atoms with Crippen molar-refractivity contribution in [2.45, 2.75) is 45.1 Å². The fraction of sp³-hybridized carbons (Fsp3) is 0.846. The van der Waals surface area contributed by atoms with E-state index < -0.39 is 0 Å². The average molecular weight is 191 g/mol. The van der Waals surface area contributed by atoms with E-state index in [2.05, 4.69) is 18.2 Å². The Kier molecular flexibility index (Phi) is 3.13. The molecule has 4 unspecified atom stereocenters. The van der Waals surface area contributed by atoms with Gasteiger partial charge in [0.25, 0.3) is 0 Å². The summed E-state index contributed by atoms with van der Waals surface area (Å²) in [7, 11) is 0. The van der Waals surface area contributed by atoms with Crippen LogP contribution < -0.4 is 5.32 Å². The van der Waals surface area contributed by atoms with Crippen LogP contribution in [0.25, 0.3) is 0 Å². The number of hydrogen-bond donors (Lipinski definition) is 1. The van der Waals surface area contributed by atoms with Gasteiger partial charge in [0.15, 0.2) is 0 Å².